The van der Waals surface area contributed by atoms with E-state index < -0.39 is 32.4 Å². The van der Waals surface area contributed by atoms with Crippen molar-refractivity contribution in [3.63, 3.8) is 0 Å². The van der Waals surface area contributed by atoms with E-state index in [-0.39, 0.29) is 11.3 Å². The fraction of sp³-hybridized carbons (Fsp3) is 0.0714. The second kappa shape index (κ2) is 5.41. The van der Waals surface area contributed by atoms with Gasteiger partial charge in [0.15, 0.2) is 5.58 Å². The van der Waals surface area contributed by atoms with Crippen LogP contribution >= 0.6 is 0 Å². The molecule has 10 heteroatoms. The predicted octanol–water partition coefficient (Wildman–Crippen LogP) is 2.94. The fourth-order valence-corrected chi connectivity index (χ4v) is 3.16. The SMILES string of the molecule is O=c1[nH]c2ccc(NS(=O)(=O)c3cccc(C(F)(F)F)c3)cc2o1. The number of anilines is 1. The molecule has 2 aromatic carbocycles. The number of hydrogen-bond acceptors (Lipinski definition) is 4. The minimum absolute atomic E-state index is 0.0441. The molecule has 0 fully saturated rings. The summed E-state index contributed by atoms with van der Waals surface area (Å²) in [6.07, 6.45) is -4.65. The van der Waals surface area contributed by atoms with Crippen LogP contribution in [0.15, 0.2) is 56.6 Å². The summed E-state index contributed by atoms with van der Waals surface area (Å²) in [6, 6.07) is 7.37. The molecule has 3 aromatic rings. The van der Waals surface area contributed by atoms with Gasteiger partial charge in [-0.2, -0.15) is 13.2 Å². The Kier molecular flexibility index (Phi) is 3.63. The molecule has 1 heterocycles. The molecule has 0 saturated heterocycles. The molecule has 24 heavy (non-hydrogen) atoms. The van der Waals surface area contributed by atoms with E-state index >= 15 is 0 Å². The van der Waals surface area contributed by atoms with Crippen molar-refractivity contribution >= 4 is 26.8 Å². The molecule has 0 bridgehead atoms. The van der Waals surface area contributed by atoms with Gasteiger partial charge >= 0.3 is 11.9 Å². The normalized spacial score (nSPS) is 12.5. The monoisotopic (exact) mass is 358 g/mol. The lowest BCUT2D eigenvalue weighted by atomic mass is 10.2. The number of fused-ring (bicyclic) bond motifs is 1. The van der Waals surface area contributed by atoms with Crippen molar-refractivity contribution in [1.29, 1.82) is 0 Å². The number of alkyl halides is 3. The zero-order valence-corrected chi connectivity index (χ0v) is 12.5. The highest BCUT2D eigenvalue weighted by atomic mass is 32.2. The van der Waals surface area contributed by atoms with Crippen LogP contribution in [-0.2, 0) is 16.2 Å². The van der Waals surface area contributed by atoms with Gasteiger partial charge in [0.05, 0.1) is 21.7 Å². The molecule has 0 spiro atoms. The predicted molar refractivity (Wildman–Crippen MR) is 79.1 cm³/mol. The van der Waals surface area contributed by atoms with E-state index in [2.05, 4.69) is 9.71 Å². The highest BCUT2D eigenvalue weighted by Gasteiger charge is 2.31. The lowest BCUT2D eigenvalue weighted by molar-refractivity contribution is -0.137. The first-order valence-corrected chi connectivity index (χ1v) is 7.96. The third kappa shape index (κ3) is 3.13. The van der Waals surface area contributed by atoms with Crippen LogP contribution in [0.1, 0.15) is 5.56 Å². The number of rotatable bonds is 3. The summed E-state index contributed by atoms with van der Waals surface area (Å²) in [6.45, 7) is 0. The van der Waals surface area contributed by atoms with Gasteiger partial charge in [-0.1, -0.05) is 6.07 Å². The van der Waals surface area contributed by atoms with Crippen molar-refractivity contribution < 1.29 is 26.0 Å². The molecule has 0 amide bonds. The number of halogens is 3. The molecule has 0 aliphatic rings. The Morgan fingerprint density at radius 3 is 2.54 bits per heavy atom. The van der Waals surface area contributed by atoms with Crippen LogP contribution in [-0.4, -0.2) is 13.4 Å². The van der Waals surface area contributed by atoms with Gasteiger partial charge in [0.25, 0.3) is 10.0 Å². The van der Waals surface area contributed by atoms with E-state index in [0.717, 1.165) is 18.2 Å². The average Bonchev–Trinajstić information content (AvgIpc) is 2.85. The van der Waals surface area contributed by atoms with E-state index in [4.69, 9.17) is 4.42 Å². The van der Waals surface area contributed by atoms with Crippen LogP contribution in [0, 0.1) is 0 Å². The van der Waals surface area contributed by atoms with Gasteiger partial charge in [0, 0.05) is 6.07 Å². The van der Waals surface area contributed by atoms with Crippen LogP contribution < -0.4 is 10.5 Å². The minimum Gasteiger partial charge on any atom is -0.408 e. The van der Waals surface area contributed by atoms with Gasteiger partial charge in [0.1, 0.15) is 0 Å². The summed E-state index contributed by atoms with van der Waals surface area (Å²) in [7, 11) is -4.24. The molecular formula is C14H9F3N2O4S. The third-order valence-corrected chi connectivity index (χ3v) is 4.52. The van der Waals surface area contributed by atoms with Crippen molar-refractivity contribution in [2.45, 2.75) is 11.1 Å². The highest BCUT2D eigenvalue weighted by Crippen LogP contribution is 2.31. The molecule has 0 unspecified atom stereocenters. The molecular weight excluding hydrogens is 349 g/mol. The van der Waals surface area contributed by atoms with Gasteiger partial charge in [0.2, 0.25) is 0 Å². The molecule has 3 rings (SSSR count). The number of aromatic nitrogens is 1. The number of benzene rings is 2. The first kappa shape index (κ1) is 16.1. The Labute approximate surface area is 133 Å². The van der Waals surface area contributed by atoms with Gasteiger partial charge in [-0.25, -0.2) is 13.2 Å². The van der Waals surface area contributed by atoms with E-state index in [1.54, 1.807) is 0 Å². The molecule has 126 valence electrons. The first-order valence-electron chi connectivity index (χ1n) is 6.48. The van der Waals surface area contributed by atoms with E-state index in [1.807, 2.05) is 0 Å². The quantitative estimate of drug-likeness (QED) is 0.753. The summed E-state index contributed by atoms with van der Waals surface area (Å²) in [5.41, 5.74) is -0.550. The molecule has 0 radical (unpaired) electrons. The van der Waals surface area contributed by atoms with E-state index in [9.17, 15) is 26.4 Å². The van der Waals surface area contributed by atoms with Crippen molar-refractivity contribution in [3.05, 3.63) is 58.6 Å². The lowest BCUT2D eigenvalue weighted by Gasteiger charge is -2.11. The maximum atomic E-state index is 12.7. The second-order valence-electron chi connectivity index (χ2n) is 4.86. The summed E-state index contributed by atoms with van der Waals surface area (Å²) in [5, 5.41) is 0. The number of aromatic amines is 1. The zero-order chi connectivity index (χ0) is 17.5. The Balaban J connectivity index is 1.96. The third-order valence-electron chi connectivity index (χ3n) is 3.14. The van der Waals surface area contributed by atoms with Crippen molar-refractivity contribution in [1.82, 2.24) is 4.98 Å². The smallest absolute Gasteiger partial charge is 0.408 e. The second-order valence-corrected chi connectivity index (χ2v) is 6.54. The molecule has 0 aliphatic carbocycles. The number of oxazole rings is 1. The summed E-state index contributed by atoms with van der Waals surface area (Å²) < 4.78 is 69.5. The highest BCUT2D eigenvalue weighted by molar-refractivity contribution is 7.92. The summed E-state index contributed by atoms with van der Waals surface area (Å²) in [5.74, 6) is -0.706. The van der Waals surface area contributed by atoms with Crippen LogP contribution in [0.4, 0.5) is 18.9 Å². The molecule has 1 aromatic heterocycles. The molecule has 0 saturated carbocycles. The maximum absolute atomic E-state index is 12.7. The largest absolute Gasteiger partial charge is 0.417 e. The van der Waals surface area contributed by atoms with Crippen molar-refractivity contribution in [3.8, 4) is 0 Å². The van der Waals surface area contributed by atoms with Crippen molar-refractivity contribution in [2.75, 3.05) is 4.72 Å². The minimum atomic E-state index is -4.65. The van der Waals surface area contributed by atoms with Gasteiger partial charge in [-0.15, -0.1) is 0 Å². The Bertz CT molecular complexity index is 1070. The molecule has 2 N–H and O–H groups in total. The summed E-state index contributed by atoms with van der Waals surface area (Å²) >= 11 is 0. The molecule has 6 nitrogen and oxygen atoms in total. The van der Waals surface area contributed by atoms with Crippen LogP contribution in [0.5, 0.6) is 0 Å². The number of H-pyrrole nitrogens is 1. The average molecular weight is 358 g/mol. The number of hydrogen-bond donors (Lipinski definition) is 2. The van der Waals surface area contributed by atoms with E-state index in [1.165, 1.54) is 18.2 Å². The van der Waals surface area contributed by atoms with Gasteiger partial charge < -0.3 is 4.42 Å². The Morgan fingerprint density at radius 2 is 1.83 bits per heavy atom. The Hall–Kier alpha value is -2.75. The first-order chi connectivity index (χ1) is 11.1. The van der Waals surface area contributed by atoms with E-state index in [0.29, 0.717) is 11.6 Å². The standard InChI is InChI=1S/C14H9F3N2O4S/c15-14(16,17)8-2-1-3-10(6-8)24(21,22)19-9-4-5-11-12(7-9)23-13(20)18-11/h1-7,19H,(H,18,20). The summed E-state index contributed by atoms with van der Waals surface area (Å²) in [4.78, 5) is 12.9. The number of nitrogens with one attached hydrogen (secondary N) is 2. The van der Waals surface area contributed by atoms with Crippen LogP contribution in [0.25, 0.3) is 11.1 Å². The van der Waals surface area contributed by atoms with Gasteiger partial charge in [-0.05, 0) is 30.3 Å². The molecule has 0 atom stereocenters. The van der Waals surface area contributed by atoms with Crippen LogP contribution in [0.3, 0.4) is 0 Å². The topological polar surface area (TPSA) is 92.2 Å². The maximum Gasteiger partial charge on any atom is 0.417 e. The lowest BCUT2D eigenvalue weighted by Crippen LogP contribution is -2.14. The fourth-order valence-electron chi connectivity index (χ4n) is 2.06. The Morgan fingerprint density at radius 1 is 1.08 bits per heavy atom. The zero-order valence-electron chi connectivity index (χ0n) is 11.7. The van der Waals surface area contributed by atoms with Crippen LogP contribution in [0.2, 0.25) is 0 Å². The number of sulfonamides is 1. The van der Waals surface area contributed by atoms with Crippen molar-refractivity contribution in [2.24, 2.45) is 0 Å². The van der Waals surface area contributed by atoms with Gasteiger partial charge in [-0.3, -0.25) is 9.71 Å². The molecule has 0 aliphatic heterocycles.